The number of amides is 2. The molecule has 6 rings (SSSR count). The van der Waals surface area contributed by atoms with Crippen LogP contribution in [0.4, 0.5) is 0 Å². The fourth-order valence-corrected chi connectivity index (χ4v) is 6.37. The highest BCUT2D eigenvalue weighted by Gasteiger charge is 2.39. The molecule has 1 saturated carbocycles. The molecule has 0 radical (unpaired) electrons. The van der Waals surface area contributed by atoms with Crippen LogP contribution in [0.5, 0.6) is 5.75 Å². The fourth-order valence-electron chi connectivity index (χ4n) is 6.37. The maximum atomic E-state index is 14.3. The quantitative estimate of drug-likeness (QED) is 0.278. The molecule has 44 heavy (non-hydrogen) atoms. The summed E-state index contributed by atoms with van der Waals surface area (Å²) in [4.78, 5) is 33.8. The smallest absolute Gasteiger partial charge is 0.247 e. The van der Waals surface area contributed by atoms with Crippen LogP contribution in [0.25, 0.3) is 11.6 Å². The zero-order valence-electron chi connectivity index (χ0n) is 25.0. The minimum absolute atomic E-state index is 0.0862. The SMILES string of the molecule is Cc1ccc(-c2nnn(CC(=O)N(C3CCN(Cc4ccccc4)CC3)[C@@H](C(=O)NC3CCCC3)c3ccc(O)cc3)n2)o1. The number of furan rings is 1. The number of tetrazole rings is 1. The Morgan fingerprint density at radius 2 is 1.73 bits per heavy atom. The van der Waals surface area contributed by atoms with Gasteiger partial charge in [0.2, 0.25) is 17.6 Å². The minimum atomic E-state index is -0.870. The third-order valence-electron chi connectivity index (χ3n) is 8.61. The summed E-state index contributed by atoms with van der Waals surface area (Å²) in [6.07, 6.45) is 5.44. The standard InChI is InChI=1S/C33H39N7O4/c1-23-11-16-29(44-23)32-35-37-39(36-32)22-30(42)40(27-17-19-38(20-18-27)21-24-7-3-2-4-8-24)31(25-12-14-28(41)15-13-25)33(43)34-26-9-5-6-10-26/h2-4,7-8,11-16,26-27,31,41H,5-6,9-10,17-22H2,1H3,(H,34,43)/t31-/m1/s1. The molecular formula is C33H39N7O4. The number of aryl methyl sites for hydroxylation is 1. The Labute approximate surface area is 256 Å². The molecule has 2 fully saturated rings. The zero-order chi connectivity index (χ0) is 30.5. The zero-order valence-corrected chi connectivity index (χ0v) is 25.0. The molecule has 11 heteroatoms. The number of hydrogen-bond donors (Lipinski definition) is 2. The Balaban J connectivity index is 1.27. The van der Waals surface area contributed by atoms with Crippen LogP contribution in [0, 0.1) is 6.92 Å². The Morgan fingerprint density at radius 3 is 2.41 bits per heavy atom. The van der Waals surface area contributed by atoms with E-state index in [2.05, 4.69) is 37.8 Å². The molecule has 230 valence electrons. The van der Waals surface area contributed by atoms with E-state index in [1.54, 1.807) is 35.2 Å². The number of aromatic nitrogens is 4. The Kier molecular flexibility index (Phi) is 9.02. The number of piperidine rings is 1. The highest BCUT2D eigenvalue weighted by molar-refractivity contribution is 5.89. The number of hydrogen-bond acceptors (Lipinski definition) is 8. The number of nitrogens with one attached hydrogen (secondary N) is 1. The number of aromatic hydroxyl groups is 1. The van der Waals surface area contributed by atoms with Crippen molar-refractivity contribution < 1.29 is 19.1 Å². The van der Waals surface area contributed by atoms with E-state index in [1.165, 1.54) is 10.4 Å². The summed E-state index contributed by atoms with van der Waals surface area (Å²) >= 11 is 0. The number of benzene rings is 2. The predicted octanol–water partition coefficient (Wildman–Crippen LogP) is 4.24. The lowest BCUT2D eigenvalue weighted by molar-refractivity contribution is -0.146. The average Bonchev–Trinajstić information content (AvgIpc) is 3.81. The molecule has 0 unspecified atom stereocenters. The number of phenolic OH excluding ortho intramolecular Hbond substituents is 1. The summed E-state index contributed by atoms with van der Waals surface area (Å²) in [5.74, 6) is 1.11. The van der Waals surface area contributed by atoms with E-state index in [4.69, 9.17) is 4.42 Å². The molecular weight excluding hydrogens is 558 g/mol. The van der Waals surface area contributed by atoms with Crippen molar-refractivity contribution in [3.8, 4) is 17.3 Å². The van der Waals surface area contributed by atoms with Crippen LogP contribution in [-0.4, -0.2) is 72.1 Å². The van der Waals surface area contributed by atoms with Crippen LogP contribution in [0.2, 0.25) is 0 Å². The Bertz CT molecular complexity index is 1540. The van der Waals surface area contributed by atoms with E-state index in [9.17, 15) is 14.7 Å². The lowest BCUT2D eigenvalue weighted by Gasteiger charge is -2.42. The molecule has 1 aliphatic carbocycles. The van der Waals surface area contributed by atoms with Gasteiger partial charge in [-0.15, -0.1) is 10.2 Å². The topological polar surface area (TPSA) is 130 Å². The van der Waals surface area contributed by atoms with Crippen LogP contribution < -0.4 is 5.32 Å². The second-order valence-corrected chi connectivity index (χ2v) is 11.8. The average molecular weight is 598 g/mol. The molecule has 4 aromatic rings. The summed E-state index contributed by atoms with van der Waals surface area (Å²) in [6, 6.07) is 19.6. The molecule has 11 nitrogen and oxygen atoms in total. The highest BCUT2D eigenvalue weighted by atomic mass is 16.3. The molecule has 1 atom stereocenters. The number of phenols is 1. The van der Waals surface area contributed by atoms with Gasteiger partial charge in [-0.2, -0.15) is 4.80 Å². The van der Waals surface area contributed by atoms with Gasteiger partial charge in [0.1, 0.15) is 24.1 Å². The van der Waals surface area contributed by atoms with Crippen molar-refractivity contribution in [2.45, 2.75) is 76.7 Å². The molecule has 1 aliphatic heterocycles. The number of rotatable bonds is 10. The van der Waals surface area contributed by atoms with Crippen LogP contribution in [0.3, 0.4) is 0 Å². The summed E-state index contributed by atoms with van der Waals surface area (Å²) in [5.41, 5.74) is 1.90. The molecule has 1 saturated heterocycles. The van der Waals surface area contributed by atoms with Crippen molar-refractivity contribution >= 4 is 11.8 Å². The Hall–Kier alpha value is -4.51. The molecule has 3 heterocycles. The van der Waals surface area contributed by atoms with Gasteiger partial charge < -0.3 is 19.7 Å². The second-order valence-electron chi connectivity index (χ2n) is 11.8. The lowest BCUT2D eigenvalue weighted by Crippen LogP contribution is -2.54. The van der Waals surface area contributed by atoms with Gasteiger partial charge in [0.05, 0.1) is 0 Å². The summed E-state index contributed by atoms with van der Waals surface area (Å²) < 4.78 is 5.63. The van der Waals surface area contributed by atoms with Crippen LogP contribution in [0.1, 0.15) is 61.5 Å². The molecule has 0 spiro atoms. The van der Waals surface area contributed by atoms with E-state index in [1.807, 2.05) is 31.2 Å². The van der Waals surface area contributed by atoms with Crippen molar-refractivity contribution in [2.24, 2.45) is 0 Å². The molecule has 2 amide bonds. The molecule has 0 bridgehead atoms. The summed E-state index contributed by atoms with van der Waals surface area (Å²) in [7, 11) is 0. The minimum Gasteiger partial charge on any atom is -0.508 e. The van der Waals surface area contributed by atoms with E-state index < -0.39 is 6.04 Å². The van der Waals surface area contributed by atoms with Crippen LogP contribution in [0.15, 0.2) is 71.1 Å². The van der Waals surface area contributed by atoms with Crippen molar-refractivity contribution in [2.75, 3.05) is 13.1 Å². The van der Waals surface area contributed by atoms with Gasteiger partial charge in [0.15, 0.2) is 5.76 Å². The van der Waals surface area contributed by atoms with Gasteiger partial charge in [0, 0.05) is 31.7 Å². The van der Waals surface area contributed by atoms with Gasteiger partial charge in [-0.25, -0.2) is 0 Å². The predicted molar refractivity (Wildman–Crippen MR) is 163 cm³/mol. The van der Waals surface area contributed by atoms with Crippen molar-refractivity contribution in [3.05, 3.63) is 83.6 Å². The largest absolute Gasteiger partial charge is 0.508 e. The first kappa shape index (κ1) is 29.6. The number of carbonyl (C=O) groups is 2. The number of likely N-dealkylation sites (tertiary alicyclic amines) is 1. The number of nitrogens with zero attached hydrogens (tertiary/aromatic N) is 6. The van der Waals surface area contributed by atoms with E-state index in [-0.39, 0.29) is 36.2 Å². The highest BCUT2D eigenvalue weighted by Crippen LogP contribution is 2.31. The van der Waals surface area contributed by atoms with Crippen molar-refractivity contribution in [1.82, 2.24) is 35.3 Å². The fraction of sp³-hybridized carbons (Fsp3) is 0.424. The first-order chi connectivity index (χ1) is 21.4. The molecule has 2 N–H and O–H groups in total. The van der Waals surface area contributed by atoms with Gasteiger partial charge >= 0.3 is 0 Å². The Morgan fingerprint density at radius 1 is 1.00 bits per heavy atom. The van der Waals surface area contributed by atoms with E-state index in [0.717, 1.165) is 51.1 Å². The first-order valence-corrected chi connectivity index (χ1v) is 15.4. The normalized spacial score (nSPS) is 17.0. The molecule has 2 aromatic carbocycles. The van der Waals surface area contributed by atoms with Gasteiger partial charge in [-0.3, -0.25) is 14.5 Å². The van der Waals surface area contributed by atoms with Crippen molar-refractivity contribution in [1.29, 1.82) is 0 Å². The monoisotopic (exact) mass is 597 g/mol. The van der Waals surface area contributed by atoms with Crippen molar-refractivity contribution in [3.63, 3.8) is 0 Å². The van der Waals surface area contributed by atoms with Gasteiger partial charge in [-0.1, -0.05) is 55.3 Å². The third-order valence-corrected chi connectivity index (χ3v) is 8.61. The van der Waals surface area contributed by atoms with Gasteiger partial charge in [0.25, 0.3) is 0 Å². The van der Waals surface area contributed by atoms with Gasteiger partial charge in [-0.05, 0) is 73.2 Å². The second kappa shape index (κ2) is 13.4. The maximum absolute atomic E-state index is 14.3. The van der Waals surface area contributed by atoms with E-state index >= 15 is 0 Å². The van der Waals surface area contributed by atoms with E-state index in [0.29, 0.717) is 30.0 Å². The van der Waals surface area contributed by atoms with Crippen LogP contribution >= 0.6 is 0 Å². The summed E-state index contributed by atoms with van der Waals surface area (Å²) in [5, 5.41) is 25.9. The lowest BCUT2D eigenvalue weighted by atomic mass is 9.96. The van der Waals surface area contributed by atoms with Crippen LogP contribution in [-0.2, 0) is 22.7 Å². The first-order valence-electron chi connectivity index (χ1n) is 15.4. The number of carbonyl (C=O) groups excluding carboxylic acids is 2. The molecule has 2 aliphatic rings. The maximum Gasteiger partial charge on any atom is 0.247 e. The third kappa shape index (κ3) is 6.99. The summed E-state index contributed by atoms with van der Waals surface area (Å²) in [6.45, 7) is 4.07. The molecule has 2 aromatic heterocycles.